The average molecular weight is 301 g/mol. The quantitative estimate of drug-likeness (QED) is 0.715. The van der Waals surface area contributed by atoms with E-state index in [1.807, 2.05) is 0 Å². The number of carbonyl (C=O) groups is 2. The number of nitrogens with one attached hydrogen (secondary N) is 1. The zero-order valence-corrected chi connectivity index (χ0v) is 14.6. The van der Waals surface area contributed by atoms with Gasteiger partial charge in [-0.3, -0.25) is 9.59 Å². The van der Waals surface area contributed by atoms with E-state index in [0.717, 1.165) is 37.1 Å². The zero-order valence-electron chi connectivity index (χ0n) is 14.6. The standard InChI is InChI=1S/C19H27NO2/c1-17(2,3)13-11-12(14(20-13)18(4,5)6)16(22)19(15(11)21)9-7-8-10-19/h20H,7-10H2,1-6H3. The summed E-state index contributed by atoms with van der Waals surface area (Å²) in [6.07, 6.45) is 3.43. The number of rotatable bonds is 0. The predicted octanol–water partition coefficient (Wildman–Crippen LogP) is 4.55. The molecule has 0 radical (unpaired) electrons. The lowest BCUT2D eigenvalue weighted by atomic mass is 9.79. The Morgan fingerprint density at radius 2 is 1.14 bits per heavy atom. The molecule has 0 aromatic carbocycles. The summed E-state index contributed by atoms with van der Waals surface area (Å²) < 4.78 is 0. The Morgan fingerprint density at radius 1 is 0.773 bits per heavy atom. The first kappa shape index (κ1) is 15.5. The highest BCUT2D eigenvalue weighted by atomic mass is 16.2. The first-order valence-electron chi connectivity index (χ1n) is 8.37. The van der Waals surface area contributed by atoms with Gasteiger partial charge in [0.05, 0.1) is 16.5 Å². The van der Waals surface area contributed by atoms with Crippen LogP contribution >= 0.6 is 0 Å². The summed E-state index contributed by atoms with van der Waals surface area (Å²) in [6, 6.07) is 0. The van der Waals surface area contributed by atoms with Gasteiger partial charge in [-0.05, 0) is 12.8 Å². The van der Waals surface area contributed by atoms with E-state index in [-0.39, 0.29) is 22.4 Å². The number of carbonyl (C=O) groups excluding carboxylic acids is 2. The summed E-state index contributed by atoms with van der Waals surface area (Å²) in [6.45, 7) is 12.6. The van der Waals surface area contributed by atoms with Crippen LogP contribution in [-0.2, 0) is 10.8 Å². The van der Waals surface area contributed by atoms with Crippen molar-refractivity contribution in [2.24, 2.45) is 5.41 Å². The topological polar surface area (TPSA) is 49.9 Å². The van der Waals surface area contributed by atoms with E-state index < -0.39 is 5.41 Å². The second-order valence-electron chi connectivity index (χ2n) is 9.07. The summed E-state index contributed by atoms with van der Waals surface area (Å²) in [5, 5.41) is 0. The summed E-state index contributed by atoms with van der Waals surface area (Å²) in [5.41, 5.74) is 2.19. The maximum Gasteiger partial charge on any atom is 0.179 e. The number of ketones is 2. The average Bonchev–Trinajstić information content (AvgIpc) is 3.04. The van der Waals surface area contributed by atoms with Crippen LogP contribution < -0.4 is 0 Å². The summed E-state index contributed by atoms with van der Waals surface area (Å²) in [5.74, 6) is 0.170. The van der Waals surface area contributed by atoms with Crippen LogP contribution in [0, 0.1) is 5.41 Å². The van der Waals surface area contributed by atoms with Crippen molar-refractivity contribution in [3.8, 4) is 0 Å². The largest absolute Gasteiger partial charge is 0.360 e. The second-order valence-corrected chi connectivity index (χ2v) is 9.07. The van der Waals surface area contributed by atoms with E-state index in [0.29, 0.717) is 11.1 Å². The van der Waals surface area contributed by atoms with Crippen LogP contribution in [0.25, 0.3) is 0 Å². The van der Waals surface area contributed by atoms with Crippen molar-refractivity contribution >= 4 is 11.6 Å². The fourth-order valence-corrected chi connectivity index (χ4v) is 4.09. The van der Waals surface area contributed by atoms with Crippen LogP contribution in [-0.4, -0.2) is 16.6 Å². The Morgan fingerprint density at radius 3 is 1.45 bits per heavy atom. The molecule has 2 aliphatic carbocycles. The van der Waals surface area contributed by atoms with Crippen LogP contribution in [0.5, 0.6) is 0 Å². The molecule has 1 heterocycles. The van der Waals surface area contributed by atoms with Gasteiger partial charge in [-0.1, -0.05) is 54.4 Å². The molecule has 1 spiro atoms. The van der Waals surface area contributed by atoms with Gasteiger partial charge in [0.15, 0.2) is 11.6 Å². The van der Waals surface area contributed by atoms with Crippen LogP contribution in [0.4, 0.5) is 0 Å². The third kappa shape index (κ3) is 1.87. The lowest BCUT2D eigenvalue weighted by Gasteiger charge is -2.25. The van der Waals surface area contributed by atoms with E-state index >= 15 is 0 Å². The van der Waals surface area contributed by atoms with Gasteiger partial charge >= 0.3 is 0 Å². The maximum absolute atomic E-state index is 13.2. The molecule has 3 heteroatoms. The molecular formula is C19H27NO2. The Balaban J connectivity index is 2.30. The minimum absolute atomic E-state index is 0.0849. The minimum Gasteiger partial charge on any atom is -0.360 e. The van der Waals surface area contributed by atoms with Crippen molar-refractivity contribution in [3.05, 3.63) is 22.5 Å². The Hall–Kier alpha value is -1.38. The van der Waals surface area contributed by atoms with Gasteiger partial charge in [-0.2, -0.15) is 0 Å². The molecule has 1 N–H and O–H groups in total. The van der Waals surface area contributed by atoms with E-state index in [1.165, 1.54) is 0 Å². The molecule has 0 amide bonds. The number of fused-ring (bicyclic) bond motifs is 1. The molecule has 0 unspecified atom stereocenters. The lowest BCUT2D eigenvalue weighted by molar-refractivity contribution is 0.0702. The van der Waals surface area contributed by atoms with Gasteiger partial charge in [0.1, 0.15) is 0 Å². The van der Waals surface area contributed by atoms with Gasteiger partial charge < -0.3 is 4.98 Å². The highest BCUT2D eigenvalue weighted by Crippen LogP contribution is 2.52. The number of hydrogen-bond acceptors (Lipinski definition) is 2. The van der Waals surface area contributed by atoms with E-state index in [9.17, 15) is 9.59 Å². The van der Waals surface area contributed by atoms with Crippen molar-refractivity contribution in [1.29, 1.82) is 0 Å². The molecule has 0 bridgehead atoms. The van der Waals surface area contributed by atoms with Crippen molar-refractivity contribution < 1.29 is 9.59 Å². The molecule has 0 saturated heterocycles. The SMILES string of the molecule is CC(C)(C)c1[nH]c(C(C)(C)C)c2c1C(=O)C1(CCCC1)C2=O. The van der Waals surface area contributed by atoms with Crippen LogP contribution in [0.15, 0.2) is 0 Å². The van der Waals surface area contributed by atoms with Gasteiger partial charge in [-0.15, -0.1) is 0 Å². The molecular weight excluding hydrogens is 274 g/mol. The third-order valence-corrected chi connectivity index (χ3v) is 5.28. The number of hydrogen-bond donors (Lipinski definition) is 1. The first-order valence-corrected chi connectivity index (χ1v) is 8.37. The summed E-state index contributed by atoms with van der Waals surface area (Å²) >= 11 is 0. The van der Waals surface area contributed by atoms with Crippen molar-refractivity contribution in [1.82, 2.24) is 4.98 Å². The lowest BCUT2D eigenvalue weighted by Crippen LogP contribution is -2.32. The highest BCUT2D eigenvalue weighted by Gasteiger charge is 2.57. The zero-order chi connectivity index (χ0) is 16.5. The second kappa shape index (κ2) is 4.33. The molecule has 1 aromatic heterocycles. The van der Waals surface area contributed by atoms with Crippen LogP contribution in [0.2, 0.25) is 0 Å². The molecule has 1 fully saturated rings. The number of aromatic nitrogens is 1. The van der Waals surface area contributed by atoms with Crippen LogP contribution in [0.3, 0.4) is 0 Å². The molecule has 3 rings (SSSR count). The molecule has 3 nitrogen and oxygen atoms in total. The van der Waals surface area contributed by atoms with Crippen molar-refractivity contribution in [2.75, 3.05) is 0 Å². The molecule has 1 aromatic rings. The monoisotopic (exact) mass is 301 g/mol. The normalized spacial score (nSPS) is 21.0. The molecule has 2 aliphatic rings. The predicted molar refractivity (Wildman–Crippen MR) is 87.8 cm³/mol. The molecule has 1 saturated carbocycles. The molecule has 22 heavy (non-hydrogen) atoms. The maximum atomic E-state index is 13.2. The van der Waals surface area contributed by atoms with Gasteiger partial charge in [-0.25, -0.2) is 0 Å². The Kier molecular flexibility index (Phi) is 3.06. The molecule has 120 valence electrons. The van der Waals surface area contributed by atoms with Crippen LogP contribution in [0.1, 0.15) is 99.3 Å². The third-order valence-electron chi connectivity index (χ3n) is 5.28. The van der Waals surface area contributed by atoms with Gasteiger partial charge in [0.25, 0.3) is 0 Å². The highest BCUT2D eigenvalue weighted by molar-refractivity contribution is 6.31. The number of H-pyrrole nitrogens is 1. The van der Waals surface area contributed by atoms with Gasteiger partial charge in [0.2, 0.25) is 0 Å². The summed E-state index contributed by atoms with van der Waals surface area (Å²) in [7, 11) is 0. The fourth-order valence-electron chi connectivity index (χ4n) is 4.09. The van der Waals surface area contributed by atoms with Crippen molar-refractivity contribution in [3.63, 3.8) is 0 Å². The Labute approximate surface area is 132 Å². The van der Waals surface area contributed by atoms with E-state index in [4.69, 9.17) is 0 Å². The van der Waals surface area contributed by atoms with Gasteiger partial charge in [0, 0.05) is 22.2 Å². The first-order chi connectivity index (χ1) is 10.00. The summed E-state index contributed by atoms with van der Waals surface area (Å²) in [4.78, 5) is 29.9. The smallest absolute Gasteiger partial charge is 0.179 e. The van der Waals surface area contributed by atoms with E-state index in [2.05, 4.69) is 46.5 Å². The number of Topliss-reactive ketones (excluding diaryl/α,β-unsaturated/α-hetero) is 2. The Bertz CT molecular complexity index is 608. The van der Waals surface area contributed by atoms with Crippen molar-refractivity contribution in [2.45, 2.75) is 78.1 Å². The molecule has 0 aliphatic heterocycles. The van der Waals surface area contributed by atoms with E-state index in [1.54, 1.807) is 0 Å². The number of aromatic amines is 1. The minimum atomic E-state index is -0.736. The molecule has 0 atom stereocenters. The fraction of sp³-hybridized carbons (Fsp3) is 0.684.